The molecule has 45 heavy (non-hydrogen) atoms. The van der Waals surface area contributed by atoms with E-state index in [1.165, 1.54) is 12.3 Å². The average molecular weight is 643 g/mol. The third kappa shape index (κ3) is 7.16. The molecule has 1 aromatic carbocycles. The number of amides is 3. The van der Waals surface area contributed by atoms with Gasteiger partial charge in [0.05, 0.1) is 5.52 Å². The number of hydrogen-bond donors (Lipinski definition) is 3. The largest absolute Gasteiger partial charge is 0.434 e. The van der Waals surface area contributed by atoms with Crippen molar-refractivity contribution >= 4 is 40.0 Å². The molecule has 4 aromatic rings. The number of rotatable bonds is 8. The number of carbonyl (C=O) groups excluding carboxylic acids is 2. The van der Waals surface area contributed by atoms with Crippen molar-refractivity contribution in [2.75, 3.05) is 58.7 Å². The Morgan fingerprint density at radius 3 is 2.56 bits per heavy atom. The van der Waals surface area contributed by atoms with Gasteiger partial charge in [-0.15, -0.1) is 11.3 Å². The molecule has 0 atom stereocenters. The summed E-state index contributed by atoms with van der Waals surface area (Å²) in [4.78, 5) is 51.4. The highest BCUT2D eigenvalue weighted by atomic mass is 32.1. The SMILES string of the molecule is CCNC(=O)Nc1cc(-c2nc(C(F)(F)F)cs2)c(-c2ccc3c(c2)c(=O)c(C(=O)N2CCNCC2)cn3CCN(C)C)cn1. The lowest BCUT2D eigenvalue weighted by Gasteiger charge is -2.27. The van der Waals surface area contributed by atoms with Crippen molar-refractivity contribution in [3.05, 3.63) is 63.5 Å². The molecule has 1 saturated heterocycles. The van der Waals surface area contributed by atoms with Crippen LogP contribution in [0.15, 0.2) is 46.8 Å². The first-order valence-corrected chi connectivity index (χ1v) is 15.2. The highest BCUT2D eigenvalue weighted by Gasteiger charge is 2.34. The lowest BCUT2D eigenvalue weighted by Crippen LogP contribution is -2.47. The van der Waals surface area contributed by atoms with Crippen molar-refractivity contribution in [1.82, 2.24) is 35.0 Å². The van der Waals surface area contributed by atoms with Crippen LogP contribution in [0.25, 0.3) is 32.6 Å². The Kier molecular flexibility index (Phi) is 9.51. The third-order valence-corrected chi connectivity index (χ3v) is 8.20. The molecule has 0 unspecified atom stereocenters. The van der Waals surface area contributed by atoms with E-state index in [9.17, 15) is 27.6 Å². The van der Waals surface area contributed by atoms with Gasteiger partial charge in [-0.05, 0) is 44.8 Å². The first kappa shape index (κ1) is 32.1. The van der Waals surface area contributed by atoms with Crippen LogP contribution in [-0.4, -0.2) is 89.6 Å². The molecule has 1 fully saturated rings. The second kappa shape index (κ2) is 13.3. The van der Waals surface area contributed by atoms with Gasteiger partial charge in [0.25, 0.3) is 5.91 Å². The average Bonchev–Trinajstić information content (AvgIpc) is 3.52. The molecular weight excluding hydrogens is 609 g/mol. The fraction of sp³-hybridized carbons (Fsp3) is 0.367. The van der Waals surface area contributed by atoms with E-state index in [1.54, 1.807) is 36.2 Å². The van der Waals surface area contributed by atoms with E-state index in [4.69, 9.17) is 0 Å². The fourth-order valence-electron chi connectivity index (χ4n) is 5.03. The highest BCUT2D eigenvalue weighted by molar-refractivity contribution is 7.13. The minimum Gasteiger partial charge on any atom is -0.345 e. The summed E-state index contributed by atoms with van der Waals surface area (Å²) in [6.45, 7) is 5.49. The summed E-state index contributed by atoms with van der Waals surface area (Å²) in [5.74, 6) is -0.239. The smallest absolute Gasteiger partial charge is 0.345 e. The number of thiazole rings is 1. The molecule has 5 rings (SSSR count). The molecule has 15 heteroatoms. The van der Waals surface area contributed by atoms with E-state index in [2.05, 4.69) is 25.9 Å². The molecule has 0 aliphatic carbocycles. The number of carbonyl (C=O) groups is 2. The summed E-state index contributed by atoms with van der Waals surface area (Å²) in [6, 6.07) is 6.07. The van der Waals surface area contributed by atoms with Crippen molar-refractivity contribution in [2.24, 2.45) is 0 Å². The quantitative estimate of drug-likeness (QED) is 0.266. The number of hydrogen-bond acceptors (Lipinski definition) is 8. The zero-order valence-corrected chi connectivity index (χ0v) is 25.8. The molecule has 0 spiro atoms. The minimum atomic E-state index is -4.64. The van der Waals surface area contributed by atoms with Crippen molar-refractivity contribution in [3.8, 4) is 21.7 Å². The van der Waals surface area contributed by atoms with Crippen LogP contribution in [0.4, 0.5) is 23.8 Å². The van der Waals surface area contributed by atoms with Crippen molar-refractivity contribution in [3.63, 3.8) is 0 Å². The zero-order valence-electron chi connectivity index (χ0n) is 25.0. The summed E-state index contributed by atoms with van der Waals surface area (Å²) in [5.41, 5.74) is 0.365. The number of likely N-dealkylation sites (N-methyl/N-ethyl adjacent to an activating group) is 1. The maximum Gasteiger partial charge on any atom is 0.434 e. The minimum absolute atomic E-state index is 0.0508. The third-order valence-electron chi connectivity index (χ3n) is 7.32. The Morgan fingerprint density at radius 1 is 1.13 bits per heavy atom. The van der Waals surface area contributed by atoms with Gasteiger partial charge >= 0.3 is 12.2 Å². The number of urea groups is 1. The van der Waals surface area contributed by atoms with Crippen LogP contribution in [0.1, 0.15) is 23.0 Å². The number of fused-ring (bicyclic) bond motifs is 1. The molecule has 3 aromatic heterocycles. The maximum absolute atomic E-state index is 13.9. The Hall–Kier alpha value is -4.34. The van der Waals surface area contributed by atoms with Crippen LogP contribution in [0.2, 0.25) is 0 Å². The number of benzene rings is 1. The molecule has 238 valence electrons. The maximum atomic E-state index is 13.9. The van der Waals surface area contributed by atoms with Crippen LogP contribution in [0, 0.1) is 0 Å². The summed E-state index contributed by atoms with van der Waals surface area (Å²) >= 11 is 0.804. The van der Waals surface area contributed by atoms with E-state index in [0.717, 1.165) is 16.7 Å². The lowest BCUT2D eigenvalue weighted by molar-refractivity contribution is -0.140. The summed E-state index contributed by atoms with van der Waals surface area (Å²) in [7, 11) is 3.86. The Labute approximate surface area is 261 Å². The molecule has 0 radical (unpaired) electrons. The normalized spacial score (nSPS) is 13.8. The first-order chi connectivity index (χ1) is 21.5. The van der Waals surface area contributed by atoms with Gasteiger partial charge in [0.2, 0.25) is 5.43 Å². The van der Waals surface area contributed by atoms with Gasteiger partial charge in [0.15, 0.2) is 5.69 Å². The molecular formula is C30H33F3N8O3S. The number of nitrogens with zero attached hydrogens (tertiary/aromatic N) is 5. The van der Waals surface area contributed by atoms with Crippen molar-refractivity contribution in [2.45, 2.75) is 19.6 Å². The summed E-state index contributed by atoms with van der Waals surface area (Å²) < 4.78 is 42.3. The van der Waals surface area contributed by atoms with Crippen LogP contribution >= 0.6 is 11.3 Å². The van der Waals surface area contributed by atoms with Gasteiger partial charge in [-0.1, -0.05) is 6.07 Å². The van der Waals surface area contributed by atoms with Gasteiger partial charge < -0.3 is 25.0 Å². The van der Waals surface area contributed by atoms with Gasteiger partial charge in [-0.3, -0.25) is 14.9 Å². The molecule has 3 N–H and O–H groups in total. The van der Waals surface area contributed by atoms with Crippen LogP contribution in [0.3, 0.4) is 0 Å². The predicted molar refractivity (Wildman–Crippen MR) is 168 cm³/mol. The monoisotopic (exact) mass is 642 g/mol. The second-order valence-corrected chi connectivity index (χ2v) is 11.6. The molecule has 0 saturated carbocycles. The number of aromatic nitrogens is 3. The van der Waals surface area contributed by atoms with Crippen LogP contribution in [0.5, 0.6) is 0 Å². The first-order valence-electron chi connectivity index (χ1n) is 14.4. The molecule has 11 nitrogen and oxygen atoms in total. The van der Waals surface area contributed by atoms with E-state index < -0.39 is 23.3 Å². The molecule has 4 heterocycles. The van der Waals surface area contributed by atoms with E-state index in [1.807, 2.05) is 23.6 Å². The second-order valence-electron chi connectivity index (χ2n) is 10.8. The zero-order chi connectivity index (χ0) is 32.3. The molecule has 3 amide bonds. The van der Waals surface area contributed by atoms with E-state index >= 15 is 0 Å². The number of nitrogens with one attached hydrogen (secondary N) is 3. The number of alkyl halides is 3. The van der Waals surface area contributed by atoms with Gasteiger partial charge in [-0.25, -0.2) is 14.8 Å². The van der Waals surface area contributed by atoms with Crippen molar-refractivity contribution < 1.29 is 22.8 Å². The van der Waals surface area contributed by atoms with Crippen LogP contribution in [-0.2, 0) is 12.7 Å². The number of pyridine rings is 2. The van der Waals surface area contributed by atoms with Crippen molar-refractivity contribution in [1.29, 1.82) is 0 Å². The molecule has 1 aliphatic rings. The standard InChI is InChI=1S/C30H33F3N8O3S/c1-4-35-29(44)38-25-14-19(27-37-24(17-45-27)30(31,32)33)21(15-36-25)18-5-6-23-20(13-18)26(42)22(16-41(23)12-11-39(2)3)28(43)40-9-7-34-8-10-40/h5-6,13-17,34H,4,7-12H2,1-3H3,(H2,35,36,38,44). The Morgan fingerprint density at radius 2 is 1.89 bits per heavy atom. The number of halogens is 3. The van der Waals surface area contributed by atoms with E-state index in [0.29, 0.717) is 62.5 Å². The van der Waals surface area contributed by atoms with Gasteiger partial charge in [0.1, 0.15) is 16.4 Å². The Bertz CT molecular complexity index is 1780. The summed E-state index contributed by atoms with van der Waals surface area (Å²) in [5, 5.41) is 9.64. The summed E-state index contributed by atoms with van der Waals surface area (Å²) in [6.07, 6.45) is -1.60. The predicted octanol–water partition coefficient (Wildman–Crippen LogP) is 3.95. The topological polar surface area (TPSA) is 124 Å². The molecule has 0 bridgehead atoms. The van der Waals surface area contributed by atoms with Gasteiger partial charge in [0, 0.05) is 80.1 Å². The lowest BCUT2D eigenvalue weighted by atomic mass is 9.99. The Balaban J connectivity index is 1.66. The number of piperazine rings is 1. The fourth-order valence-corrected chi connectivity index (χ4v) is 5.88. The van der Waals surface area contributed by atoms with Crippen LogP contribution < -0.4 is 21.4 Å². The highest BCUT2D eigenvalue weighted by Crippen LogP contribution is 2.39. The van der Waals surface area contributed by atoms with E-state index in [-0.39, 0.29) is 33.2 Å². The van der Waals surface area contributed by atoms with Gasteiger partial charge in [-0.2, -0.15) is 13.2 Å². The number of anilines is 1. The molecule has 1 aliphatic heterocycles.